The maximum absolute atomic E-state index is 12.8. The molecule has 3 aromatic rings. The fraction of sp³-hybridized carbons (Fsp3) is 0.312. The molecule has 0 bridgehead atoms. The number of anilines is 1. The van der Waals surface area contributed by atoms with Gasteiger partial charge in [0, 0.05) is 5.69 Å². The van der Waals surface area contributed by atoms with Gasteiger partial charge in [0.05, 0.1) is 10.2 Å². The highest BCUT2D eigenvalue weighted by Gasteiger charge is 2.22. The van der Waals surface area contributed by atoms with Crippen LogP contribution >= 0.6 is 11.3 Å². The summed E-state index contributed by atoms with van der Waals surface area (Å²) in [6.45, 7) is 0.156. The van der Waals surface area contributed by atoms with E-state index in [4.69, 9.17) is 0 Å². The Labute approximate surface area is 154 Å². The molecule has 2 aromatic heterocycles. The molecule has 0 aliphatic rings. The maximum Gasteiger partial charge on any atom is 0.387 e. The zero-order chi connectivity index (χ0) is 19.7. The normalized spacial score (nSPS) is 12.7. The van der Waals surface area contributed by atoms with Crippen molar-refractivity contribution in [2.75, 3.05) is 5.32 Å². The number of amides is 1. The number of nitrogens with zero attached hydrogens (tertiary/aromatic N) is 3. The van der Waals surface area contributed by atoms with Crippen LogP contribution in [0.5, 0.6) is 5.75 Å². The number of rotatable bonds is 6. The molecule has 27 heavy (non-hydrogen) atoms. The van der Waals surface area contributed by atoms with E-state index in [1.165, 1.54) is 35.9 Å². The SMILES string of the molecule is Cc1cc(C(F)F)nn1C(C)C(=O)Nc1nc2ccc(OC(F)F)cc2s1. The lowest BCUT2D eigenvalue weighted by Crippen LogP contribution is -2.25. The van der Waals surface area contributed by atoms with Crippen molar-refractivity contribution in [2.24, 2.45) is 0 Å². The molecule has 1 aromatic carbocycles. The van der Waals surface area contributed by atoms with Gasteiger partial charge in [-0.25, -0.2) is 13.8 Å². The van der Waals surface area contributed by atoms with Gasteiger partial charge in [-0.1, -0.05) is 11.3 Å². The predicted molar refractivity (Wildman–Crippen MR) is 91.5 cm³/mol. The summed E-state index contributed by atoms with van der Waals surface area (Å²) < 4.78 is 56.2. The van der Waals surface area contributed by atoms with Crippen molar-refractivity contribution >= 4 is 32.6 Å². The van der Waals surface area contributed by atoms with E-state index in [1.807, 2.05) is 0 Å². The Morgan fingerprint density at radius 1 is 1.26 bits per heavy atom. The Morgan fingerprint density at radius 3 is 2.63 bits per heavy atom. The Morgan fingerprint density at radius 2 is 2.00 bits per heavy atom. The number of halogens is 4. The third-order valence-electron chi connectivity index (χ3n) is 3.73. The van der Waals surface area contributed by atoms with E-state index in [0.717, 1.165) is 11.3 Å². The lowest BCUT2D eigenvalue weighted by molar-refractivity contribution is -0.119. The topological polar surface area (TPSA) is 69.0 Å². The molecular weight excluding hydrogens is 388 g/mol. The molecule has 0 fully saturated rings. The number of aromatic nitrogens is 3. The molecule has 11 heteroatoms. The zero-order valence-corrected chi connectivity index (χ0v) is 14.9. The Kier molecular flexibility index (Phi) is 5.31. The molecule has 2 heterocycles. The minimum atomic E-state index is -2.94. The van der Waals surface area contributed by atoms with Crippen molar-refractivity contribution < 1.29 is 27.1 Å². The standard InChI is InChI=1S/C16H14F4N4O2S/c1-7-5-11(13(17)18)23-24(7)8(2)14(25)22-16-21-10-4-3-9(26-15(19)20)6-12(10)27-16/h3-6,8,13,15H,1-2H3,(H,21,22,25). The summed E-state index contributed by atoms with van der Waals surface area (Å²) in [4.78, 5) is 16.6. The monoisotopic (exact) mass is 402 g/mol. The van der Waals surface area contributed by atoms with E-state index in [2.05, 4.69) is 20.1 Å². The molecule has 1 atom stereocenters. The van der Waals surface area contributed by atoms with Crippen molar-refractivity contribution in [3.8, 4) is 5.75 Å². The third kappa shape index (κ3) is 4.18. The van der Waals surface area contributed by atoms with Gasteiger partial charge in [-0.15, -0.1) is 0 Å². The first-order valence-electron chi connectivity index (χ1n) is 7.75. The number of ether oxygens (including phenoxy) is 1. The number of carbonyl (C=O) groups excluding carboxylic acids is 1. The van der Waals surface area contributed by atoms with Gasteiger partial charge in [-0.3, -0.25) is 9.48 Å². The second kappa shape index (κ2) is 7.51. The van der Waals surface area contributed by atoms with Crippen LogP contribution in [0.15, 0.2) is 24.3 Å². The zero-order valence-electron chi connectivity index (χ0n) is 14.1. The van der Waals surface area contributed by atoms with Crippen molar-refractivity contribution in [3.63, 3.8) is 0 Å². The summed E-state index contributed by atoms with van der Waals surface area (Å²) in [5.41, 5.74) is 0.518. The molecule has 0 saturated heterocycles. The second-order valence-electron chi connectivity index (χ2n) is 5.65. The van der Waals surface area contributed by atoms with Crippen LogP contribution in [0, 0.1) is 6.92 Å². The number of aryl methyl sites for hydroxylation is 1. The molecule has 6 nitrogen and oxygen atoms in total. The molecular formula is C16H14F4N4O2S. The van der Waals surface area contributed by atoms with Crippen molar-refractivity contribution in [2.45, 2.75) is 32.9 Å². The van der Waals surface area contributed by atoms with Gasteiger partial charge in [0.25, 0.3) is 12.3 Å². The second-order valence-corrected chi connectivity index (χ2v) is 6.68. The van der Waals surface area contributed by atoms with Crippen LogP contribution in [-0.2, 0) is 4.79 Å². The molecule has 3 rings (SSSR count). The average molecular weight is 402 g/mol. The summed E-state index contributed by atoms with van der Waals surface area (Å²) in [5, 5.41) is 6.59. The van der Waals surface area contributed by atoms with Crippen LogP contribution in [0.4, 0.5) is 22.7 Å². The highest BCUT2D eigenvalue weighted by atomic mass is 32.1. The van der Waals surface area contributed by atoms with Gasteiger partial charge in [-0.2, -0.15) is 13.9 Å². The largest absolute Gasteiger partial charge is 0.435 e. The van der Waals surface area contributed by atoms with Crippen LogP contribution in [-0.4, -0.2) is 27.3 Å². The van der Waals surface area contributed by atoms with Gasteiger partial charge < -0.3 is 10.1 Å². The van der Waals surface area contributed by atoms with Gasteiger partial charge in [-0.05, 0) is 38.1 Å². The molecule has 1 N–H and O–H groups in total. The van der Waals surface area contributed by atoms with E-state index in [9.17, 15) is 22.4 Å². The minimum absolute atomic E-state index is 0.0147. The predicted octanol–water partition coefficient (Wildman–Crippen LogP) is 4.54. The number of alkyl halides is 4. The summed E-state index contributed by atoms with van der Waals surface area (Å²) >= 11 is 1.08. The fourth-order valence-corrected chi connectivity index (χ4v) is 3.36. The number of benzene rings is 1. The molecule has 0 spiro atoms. The molecule has 1 amide bonds. The van der Waals surface area contributed by atoms with E-state index < -0.39 is 30.7 Å². The van der Waals surface area contributed by atoms with Crippen molar-refractivity contribution in [1.29, 1.82) is 0 Å². The summed E-state index contributed by atoms with van der Waals surface area (Å²) in [7, 11) is 0. The quantitative estimate of drug-likeness (QED) is 0.615. The third-order valence-corrected chi connectivity index (χ3v) is 4.66. The highest BCUT2D eigenvalue weighted by molar-refractivity contribution is 7.22. The molecule has 0 radical (unpaired) electrons. The average Bonchev–Trinajstić information content (AvgIpc) is 3.16. The maximum atomic E-state index is 12.8. The molecule has 1 unspecified atom stereocenters. The van der Waals surface area contributed by atoms with Gasteiger partial charge >= 0.3 is 6.61 Å². The van der Waals surface area contributed by atoms with Crippen LogP contribution < -0.4 is 10.1 Å². The van der Waals surface area contributed by atoms with Crippen molar-refractivity contribution in [3.05, 3.63) is 35.7 Å². The lowest BCUT2D eigenvalue weighted by Gasteiger charge is -2.13. The minimum Gasteiger partial charge on any atom is -0.435 e. The van der Waals surface area contributed by atoms with E-state index in [-0.39, 0.29) is 10.9 Å². The van der Waals surface area contributed by atoms with Gasteiger partial charge in [0.15, 0.2) is 5.13 Å². The molecule has 0 saturated carbocycles. The first-order valence-corrected chi connectivity index (χ1v) is 8.56. The number of fused-ring (bicyclic) bond motifs is 1. The lowest BCUT2D eigenvalue weighted by atomic mass is 10.3. The number of hydrogen-bond donors (Lipinski definition) is 1. The summed E-state index contributed by atoms with van der Waals surface area (Å²) in [6.07, 6.45) is -2.73. The van der Waals surface area contributed by atoms with Crippen LogP contribution in [0.3, 0.4) is 0 Å². The molecule has 144 valence electrons. The summed E-state index contributed by atoms with van der Waals surface area (Å²) in [6, 6.07) is 4.61. The number of thiazole rings is 1. The number of nitrogens with one attached hydrogen (secondary N) is 1. The Balaban J connectivity index is 1.77. The van der Waals surface area contributed by atoms with Crippen molar-refractivity contribution in [1.82, 2.24) is 14.8 Å². The van der Waals surface area contributed by atoms with Gasteiger partial charge in [0.2, 0.25) is 0 Å². The first-order chi connectivity index (χ1) is 12.7. The van der Waals surface area contributed by atoms with Gasteiger partial charge in [0.1, 0.15) is 17.5 Å². The van der Waals surface area contributed by atoms with E-state index >= 15 is 0 Å². The Bertz CT molecular complexity index is 973. The number of hydrogen-bond acceptors (Lipinski definition) is 5. The summed E-state index contributed by atoms with van der Waals surface area (Å²) in [5.74, 6) is -0.510. The van der Waals surface area contributed by atoms with Crippen LogP contribution in [0.2, 0.25) is 0 Å². The number of carbonyl (C=O) groups is 1. The Hall–Kier alpha value is -2.69. The van der Waals surface area contributed by atoms with Crippen LogP contribution in [0.1, 0.15) is 30.8 Å². The van der Waals surface area contributed by atoms with E-state index in [1.54, 1.807) is 6.92 Å². The highest BCUT2D eigenvalue weighted by Crippen LogP contribution is 2.30. The van der Waals surface area contributed by atoms with E-state index in [0.29, 0.717) is 15.9 Å². The first kappa shape index (κ1) is 19.1. The smallest absolute Gasteiger partial charge is 0.387 e. The molecule has 0 aliphatic heterocycles. The molecule has 0 aliphatic carbocycles. The fourth-order valence-electron chi connectivity index (χ4n) is 2.47. The van der Waals surface area contributed by atoms with Crippen LogP contribution in [0.25, 0.3) is 10.2 Å².